The number of hydrogen-bond acceptors (Lipinski definition) is 4. The van der Waals surface area contributed by atoms with Crippen LogP contribution in [0.1, 0.15) is 20.3 Å². The van der Waals surface area contributed by atoms with E-state index in [2.05, 4.69) is 24.1 Å². The van der Waals surface area contributed by atoms with Gasteiger partial charge in [0.2, 0.25) is 5.91 Å². The summed E-state index contributed by atoms with van der Waals surface area (Å²) >= 11 is 0. The molecule has 1 saturated heterocycles. The van der Waals surface area contributed by atoms with Crippen molar-refractivity contribution >= 4 is 18.3 Å². The Kier molecular flexibility index (Phi) is 9.36. The summed E-state index contributed by atoms with van der Waals surface area (Å²) < 4.78 is 5.35. The lowest BCUT2D eigenvalue weighted by Crippen LogP contribution is -2.51. The van der Waals surface area contributed by atoms with Crippen LogP contribution in [0, 0.1) is 5.92 Å². The molecule has 18 heavy (non-hydrogen) atoms. The molecular formula is C12H26ClN3O2. The van der Waals surface area contributed by atoms with E-state index < -0.39 is 0 Å². The van der Waals surface area contributed by atoms with Crippen LogP contribution in [0.2, 0.25) is 0 Å². The van der Waals surface area contributed by atoms with Gasteiger partial charge in [-0.2, -0.15) is 0 Å². The normalized spacial score (nSPS) is 18.2. The average molecular weight is 280 g/mol. The Balaban J connectivity index is 0.00000289. The van der Waals surface area contributed by atoms with E-state index in [9.17, 15) is 4.79 Å². The van der Waals surface area contributed by atoms with Gasteiger partial charge in [-0.15, -0.1) is 12.4 Å². The lowest BCUT2D eigenvalue weighted by atomic mass is 10.0. The minimum absolute atomic E-state index is 0. The fraction of sp³-hybridized carbons (Fsp3) is 0.917. The van der Waals surface area contributed by atoms with Crippen molar-refractivity contribution in [3.05, 3.63) is 0 Å². The van der Waals surface area contributed by atoms with Crippen molar-refractivity contribution in [1.29, 1.82) is 0 Å². The Morgan fingerprint density at radius 2 is 2.00 bits per heavy atom. The first kappa shape index (κ1) is 17.6. The molecule has 1 heterocycles. The third kappa shape index (κ3) is 6.00. The lowest BCUT2D eigenvalue weighted by molar-refractivity contribution is -0.121. The van der Waals surface area contributed by atoms with Crippen LogP contribution in [0.15, 0.2) is 0 Å². The minimum Gasteiger partial charge on any atom is -0.379 e. The molecule has 0 aliphatic carbocycles. The molecule has 3 N–H and O–H groups in total. The van der Waals surface area contributed by atoms with Gasteiger partial charge in [-0.1, -0.05) is 13.8 Å². The maximum atomic E-state index is 11.4. The van der Waals surface area contributed by atoms with E-state index in [1.54, 1.807) is 0 Å². The fourth-order valence-electron chi connectivity index (χ4n) is 2.13. The summed E-state index contributed by atoms with van der Waals surface area (Å²) in [5, 5.41) is 2.96. The molecule has 1 aliphatic heterocycles. The van der Waals surface area contributed by atoms with Gasteiger partial charge in [0.05, 0.1) is 13.2 Å². The summed E-state index contributed by atoms with van der Waals surface area (Å²) in [6.45, 7) is 8.99. The van der Waals surface area contributed by atoms with Crippen LogP contribution < -0.4 is 11.1 Å². The SMILES string of the molecule is CC(C)C(CNC(=O)CCN)N1CCOCC1.Cl. The van der Waals surface area contributed by atoms with Gasteiger partial charge >= 0.3 is 0 Å². The predicted octanol–water partition coefficient (Wildman–Crippen LogP) is 0.230. The zero-order chi connectivity index (χ0) is 12.7. The molecule has 0 radical (unpaired) electrons. The van der Waals surface area contributed by atoms with E-state index >= 15 is 0 Å². The highest BCUT2D eigenvalue weighted by molar-refractivity contribution is 5.85. The second-order valence-electron chi connectivity index (χ2n) is 4.80. The zero-order valence-electron chi connectivity index (χ0n) is 11.4. The second-order valence-corrected chi connectivity index (χ2v) is 4.80. The third-order valence-electron chi connectivity index (χ3n) is 3.16. The van der Waals surface area contributed by atoms with Crippen LogP contribution in [0.5, 0.6) is 0 Å². The van der Waals surface area contributed by atoms with Gasteiger partial charge in [-0.05, 0) is 5.92 Å². The zero-order valence-corrected chi connectivity index (χ0v) is 12.2. The molecule has 108 valence electrons. The van der Waals surface area contributed by atoms with E-state index in [1.807, 2.05) is 0 Å². The summed E-state index contributed by atoms with van der Waals surface area (Å²) in [5.74, 6) is 0.567. The number of amides is 1. The second kappa shape index (κ2) is 9.55. The summed E-state index contributed by atoms with van der Waals surface area (Å²) in [6.07, 6.45) is 0.411. The fourth-order valence-corrected chi connectivity index (χ4v) is 2.13. The molecule has 1 atom stereocenters. The van der Waals surface area contributed by atoms with Crippen molar-refractivity contribution in [3.8, 4) is 0 Å². The standard InChI is InChI=1S/C12H25N3O2.ClH/c1-10(2)11(9-14-12(16)3-4-13)15-5-7-17-8-6-15;/h10-11H,3-9,13H2,1-2H3,(H,14,16);1H. The number of nitrogens with one attached hydrogen (secondary N) is 1. The number of hydrogen-bond donors (Lipinski definition) is 2. The molecule has 1 amide bonds. The molecule has 0 aromatic heterocycles. The Bertz CT molecular complexity index is 233. The highest BCUT2D eigenvalue weighted by Gasteiger charge is 2.23. The van der Waals surface area contributed by atoms with E-state index in [4.69, 9.17) is 10.5 Å². The van der Waals surface area contributed by atoms with Crippen molar-refractivity contribution in [1.82, 2.24) is 10.2 Å². The molecule has 1 rings (SSSR count). The Morgan fingerprint density at radius 1 is 1.39 bits per heavy atom. The van der Waals surface area contributed by atoms with Crippen molar-refractivity contribution < 1.29 is 9.53 Å². The maximum absolute atomic E-state index is 11.4. The highest BCUT2D eigenvalue weighted by Crippen LogP contribution is 2.12. The molecule has 6 heteroatoms. The first-order chi connectivity index (χ1) is 8.15. The molecule has 0 aromatic rings. The van der Waals surface area contributed by atoms with Crippen LogP contribution in [0.25, 0.3) is 0 Å². The number of carbonyl (C=O) groups excluding carboxylic acids is 1. The predicted molar refractivity (Wildman–Crippen MR) is 74.9 cm³/mol. The van der Waals surface area contributed by atoms with Crippen molar-refractivity contribution in [2.75, 3.05) is 39.4 Å². The Labute approximate surface area is 116 Å². The monoisotopic (exact) mass is 279 g/mol. The van der Waals surface area contributed by atoms with Gasteiger partial charge in [-0.3, -0.25) is 9.69 Å². The largest absolute Gasteiger partial charge is 0.379 e. The molecule has 0 saturated carbocycles. The molecular weight excluding hydrogens is 254 g/mol. The summed E-state index contributed by atoms with van der Waals surface area (Å²) in [6, 6.07) is 0.389. The highest BCUT2D eigenvalue weighted by atomic mass is 35.5. The average Bonchev–Trinajstić information content (AvgIpc) is 2.30. The van der Waals surface area contributed by atoms with Gasteiger partial charge < -0.3 is 15.8 Å². The topological polar surface area (TPSA) is 67.6 Å². The lowest BCUT2D eigenvalue weighted by Gasteiger charge is -2.36. The first-order valence-electron chi connectivity index (χ1n) is 6.43. The smallest absolute Gasteiger partial charge is 0.221 e. The molecule has 0 bridgehead atoms. The minimum atomic E-state index is 0. The van der Waals surface area contributed by atoms with E-state index in [-0.39, 0.29) is 18.3 Å². The third-order valence-corrected chi connectivity index (χ3v) is 3.16. The Hall–Kier alpha value is -0.360. The van der Waals surface area contributed by atoms with E-state index in [0.29, 0.717) is 31.5 Å². The molecule has 1 unspecified atom stereocenters. The van der Waals surface area contributed by atoms with Crippen molar-refractivity contribution in [2.45, 2.75) is 26.3 Å². The quantitative estimate of drug-likeness (QED) is 0.730. The van der Waals surface area contributed by atoms with Gasteiger partial charge in [0.15, 0.2) is 0 Å². The summed E-state index contributed by atoms with van der Waals surface area (Å²) in [5.41, 5.74) is 5.35. The first-order valence-corrected chi connectivity index (χ1v) is 6.43. The summed E-state index contributed by atoms with van der Waals surface area (Å²) in [7, 11) is 0. The van der Waals surface area contributed by atoms with Gasteiger partial charge in [0.1, 0.15) is 0 Å². The molecule has 1 fully saturated rings. The van der Waals surface area contributed by atoms with E-state index in [0.717, 1.165) is 26.3 Å². The molecule has 1 aliphatic rings. The molecule has 0 aromatic carbocycles. The van der Waals surface area contributed by atoms with Crippen LogP contribution in [0.3, 0.4) is 0 Å². The van der Waals surface area contributed by atoms with Crippen molar-refractivity contribution in [2.24, 2.45) is 11.7 Å². The number of morpholine rings is 1. The number of nitrogens with zero attached hydrogens (tertiary/aromatic N) is 1. The Morgan fingerprint density at radius 3 is 2.50 bits per heavy atom. The number of halogens is 1. The summed E-state index contributed by atoms with van der Waals surface area (Å²) in [4.78, 5) is 13.8. The molecule has 0 spiro atoms. The van der Waals surface area contributed by atoms with Crippen LogP contribution >= 0.6 is 12.4 Å². The van der Waals surface area contributed by atoms with Crippen LogP contribution in [-0.2, 0) is 9.53 Å². The number of rotatable bonds is 6. The number of carbonyl (C=O) groups is 1. The molecule has 5 nitrogen and oxygen atoms in total. The van der Waals surface area contributed by atoms with Crippen LogP contribution in [-0.4, -0.2) is 56.2 Å². The van der Waals surface area contributed by atoms with Crippen molar-refractivity contribution in [3.63, 3.8) is 0 Å². The number of ether oxygens (including phenoxy) is 1. The van der Waals surface area contributed by atoms with Gasteiger partial charge in [0, 0.05) is 38.6 Å². The van der Waals surface area contributed by atoms with Gasteiger partial charge in [-0.25, -0.2) is 0 Å². The maximum Gasteiger partial charge on any atom is 0.221 e. The number of nitrogens with two attached hydrogens (primary N) is 1. The van der Waals surface area contributed by atoms with Crippen LogP contribution in [0.4, 0.5) is 0 Å². The van der Waals surface area contributed by atoms with Gasteiger partial charge in [0.25, 0.3) is 0 Å². The van der Waals surface area contributed by atoms with E-state index in [1.165, 1.54) is 0 Å².